The second-order valence-electron chi connectivity index (χ2n) is 6.06. The van der Waals surface area contributed by atoms with Gasteiger partial charge in [-0.15, -0.1) is 0 Å². The highest BCUT2D eigenvalue weighted by molar-refractivity contribution is 5.76. The number of likely N-dealkylation sites (tertiary alicyclic amines) is 1. The van der Waals surface area contributed by atoms with Gasteiger partial charge in [0, 0.05) is 24.7 Å². The fraction of sp³-hybridized carbons (Fsp3) is 0.500. The van der Waals surface area contributed by atoms with Crippen LogP contribution in [-0.2, 0) is 11.3 Å². The third-order valence-electron chi connectivity index (χ3n) is 4.03. The van der Waals surface area contributed by atoms with Gasteiger partial charge in [0.15, 0.2) is 5.82 Å². The standard InChI is InChI=1S/C16H20N4O3/c1-11(2)16-17-15(18-23-16)12-6-5-9-20(12)14(22)10-19-8-4-3-7-13(19)21/h3-4,7-8,11-12H,5-6,9-10H2,1-2H3/t12-/m0/s1. The molecule has 2 aromatic heterocycles. The highest BCUT2D eigenvalue weighted by atomic mass is 16.5. The molecule has 0 spiro atoms. The molecule has 1 amide bonds. The van der Waals surface area contributed by atoms with Gasteiger partial charge in [0.25, 0.3) is 5.56 Å². The van der Waals surface area contributed by atoms with Crippen molar-refractivity contribution < 1.29 is 9.32 Å². The number of amides is 1. The Bertz CT molecular complexity index is 750. The molecule has 1 atom stereocenters. The fourth-order valence-corrected chi connectivity index (χ4v) is 2.78. The molecule has 0 saturated carbocycles. The Balaban J connectivity index is 1.77. The molecule has 23 heavy (non-hydrogen) atoms. The minimum Gasteiger partial charge on any atom is -0.339 e. The Morgan fingerprint density at radius 2 is 2.26 bits per heavy atom. The van der Waals surface area contributed by atoms with Crippen LogP contribution in [-0.4, -0.2) is 32.1 Å². The molecule has 7 nitrogen and oxygen atoms in total. The highest BCUT2D eigenvalue weighted by Crippen LogP contribution is 2.31. The van der Waals surface area contributed by atoms with Crippen LogP contribution in [0, 0.1) is 0 Å². The zero-order valence-corrected chi connectivity index (χ0v) is 13.3. The maximum Gasteiger partial charge on any atom is 0.250 e. The monoisotopic (exact) mass is 316 g/mol. The molecule has 122 valence electrons. The van der Waals surface area contributed by atoms with E-state index in [1.165, 1.54) is 10.6 Å². The van der Waals surface area contributed by atoms with Crippen molar-refractivity contribution in [2.75, 3.05) is 6.54 Å². The van der Waals surface area contributed by atoms with Crippen LogP contribution in [0.3, 0.4) is 0 Å². The molecule has 0 aromatic carbocycles. The first-order chi connectivity index (χ1) is 11.1. The van der Waals surface area contributed by atoms with Crippen molar-refractivity contribution >= 4 is 5.91 Å². The van der Waals surface area contributed by atoms with Crippen LogP contribution < -0.4 is 5.56 Å². The minimum atomic E-state index is -0.182. The summed E-state index contributed by atoms with van der Waals surface area (Å²) in [7, 11) is 0. The Morgan fingerprint density at radius 3 is 2.96 bits per heavy atom. The maximum absolute atomic E-state index is 12.6. The van der Waals surface area contributed by atoms with Gasteiger partial charge in [-0.1, -0.05) is 25.1 Å². The summed E-state index contributed by atoms with van der Waals surface area (Å²) in [5.74, 6) is 1.19. The first-order valence-electron chi connectivity index (χ1n) is 7.84. The van der Waals surface area contributed by atoms with Gasteiger partial charge in [-0.25, -0.2) is 0 Å². The van der Waals surface area contributed by atoms with Gasteiger partial charge in [0.1, 0.15) is 6.54 Å². The van der Waals surface area contributed by atoms with Crippen molar-refractivity contribution in [1.29, 1.82) is 0 Å². The van der Waals surface area contributed by atoms with Crippen LogP contribution in [0.4, 0.5) is 0 Å². The lowest BCUT2D eigenvalue weighted by molar-refractivity contribution is -0.133. The first kappa shape index (κ1) is 15.5. The molecule has 0 radical (unpaired) electrons. The number of rotatable bonds is 4. The van der Waals surface area contributed by atoms with Crippen molar-refractivity contribution in [3.8, 4) is 0 Å². The van der Waals surface area contributed by atoms with Gasteiger partial charge in [0.05, 0.1) is 6.04 Å². The molecule has 3 rings (SSSR count). The van der Waals surface area contributed by atoms with E-state index in [0.717, 1.165) is 12.8 Å². The quantitative estimate of drug-likeness (QED) is 0.858. The number of carbonyl (C=O) groups excluding carboxylic acids is 1. The Hall–Kier alpha value is -2.44. The Labute approximate surface area is 133 Å². The molecule has 0 unspecified atom stereocenters. The lowest BCUT2D eigenvalue weighted by Crippen LogP contribution is -2.36. The summed E-state index contributed by atoms with van der Waals surface area (Å²) >= 11 is 0. The molecule has 2 aromatic rings. The van der Waals surface area contributed by atoms with Gasteiger partial charge >= 0.3 is 0 Å². The van der Waals surface area contributed by atoms with Crippen molar-refractivity contribution in [1.82, 2.24) is 19.6 Å². The van der Waals surface area contributed by atoms with Crippen molar-refractivity contribution in [3.05, 3.63) is 46.5 Å². The summed E-state index contributed by atoms with van der Waals surface area (Å²) in [5.41, 5.74) is -0.182. The van der Waals surface area contributed by atoms with Crippen LogP contribution >= 0.6 is 0 Å². The second-order valence-corrected chi connectivity index (χ2v) is 6.06. The summed E-state index contributed by atoms with van der Waals surface area (Å²) in [4.78, 5) is 30.5. The highest BCUT2D eigenvalue weighted by Gasteiger charge is 2.33. The molecule has 1 aliphatic rings. The predicted molar refractivity (Wildman–Crippen MR) is 82.8 cm³/mol. The average Bonchev–Trinajstić information content (AvgIpc) is 3.17. The maximum atomic E-state index is 12.6. The number of hydrogen-bond donors (Lipinski definition) is 0. The van der Waals surface area contributed by atoms with E-state index < -0.39 is 0 Å². The number of pyridine rings is 1. The van der Waals surface area contributed by atoms with Gasteiger partial charge in [0.2, 0.25) is 11.8 Å². The van der Waals surface area contributed by atoms with Gasteiger partial charge in [-0.3, -0.25) is 9.59 Å². The molecule has 1 saturated heterocycles. The van der Waals surface area contributed by atoms with E-state index in [1.54, 1.807) is 23.2 Å². The van der Waals surface area contributed by atoms with Crippen LogP contribution in [0.25, 0.3) is 0 Å². The fourth-order valence-electron chi connectivity index (χ4n) is 2.78. The summed E-state index contributed by atoms with van der Waals surface area (Å²) in [5, 5.41) is 4.03. The van der Waals surface area contributed by atoms with E-state index >= 15 is 0 Å². The third kappa shape index (κ3) is 3.18. The normalized spacial score (nSPS) is 17.9. The topological polar surface area (TPSA) is 81.2 Å². The number of carbonyl (C=O) groups is 1. The number of hydrogen-bond acceptors (Lipinski definition) is 5. The summed E-state index contributed by atoms with van der Waals surface area (Å²) in [6.45, 7) is 4.65. The Morgan fingerprint density at radius 1 is 1.43 bits per heavy atom. The smallest absolute Gasteiger partial charge is 0.250 e. The van der Waals surface area contributed by atoms with E-state index in [0.29, 0.717) is 18.3 Å². The second kappa shape index (κ2) is 6.36. The van der Waals surface area contributed by atoms with E-state index in [4.69, 9.17) is 4.52 Å². The molecule has 0 N–H and O–H groups in total. The molecule has 1 aliphatic heterocycles. The molecule has 1 fully saturated rings. The summed E-state index contributed by atoms with van der Waals surface area (Å²) < 4.78 is 6.66. The van der Waals surface area contributed by atoms with Crippen LogP contribution in [0.1, 0.15) is 50.4 Å². The molecule has 7 heteroatoms. The number of aromatic nitrogens is 3. The van der Waals surface area contributed by atoms with Crippen LogP contribution in [0.2, 0.25) is 0 Å². The summed E-state index contributed by atoms with van der Waals surface area (Å²) in [6, 6.07) is 4.68. The van der Waals surface area contributed by atoms with Crippen molar-refractivity contribution in [2.24, 2.45) is 0 Å². The molecular weight excluding hydrogens is 296 g/mol. The average molecular weight is 316 g/mol. The van der Waals surface area contributed by atoms with Gasteiger partial charge < -0.3 is 14.0 Å². The van der Waals surface area contributed by atoms with Gasteiger partial charge in [-0.05, 0) is 18.9 Å². The van der Waals surface area contributed by atoms with Crippen molar-refractivity contribution in [3.63, 3.8) is 0 Å². The van der Waals surface area contributed by atoms with E-state index in [1.807, 2.05) is 13.8 Å². The first-order valence-corrected chi connectivity index (χ1v) is 7.84. The predicted octanol–water partition coefficient (Wildman–Crippen LogP) is 1.72. The van der Waals surface area contributed by atoms with E-state index in [-0.39, 0.29) is 30.0 Å². The number of nitrogens with zero attached hydrogens (tertiary/aromatic N) is 4. The van der Waals surface area contributed by atoms with Crippen LogP contribution in [0.5, 0.6) is 0 Å². The molecular formula is C16H20N4O3. The zero-order chi connectivity index (χ0) is 16.4. The van der Waals surface area contributed by atoms with Crippen LogP contribution in [0.15, 0.2) is 33.7 Å². The van der Waals surface area contributed by atoms with Crippen molar-refractivity contribution in [2.45, 2.75) is 45.2 Å². The largest absolute Gasteiger partial charge is 0.339 e. The zero-order valence-electron chi connectivity index (χ0n) is 13.3. The Kier molecular flexibility index (Phi) is 4.27. The van der Waals surface area contributed by atoms with E-state index in [9.17, 15) is 9.59 Å². The summed E-state index contributed by atoms with van der Waals surface area (Å²) in [6.07, 6.45) is 3.33. The molecule has 3 heterocycles. The SMILES string of the molecule is CC(C)c1nc([C@@H]2CCCN2C(=O)Cn2ccccc2=O)no1. The van der Waals surface area contributed by atoms with Gasteiger partial charge in [-0.2, -0.15) is 4.98 Å². The third-order valence-corrected chi connectivity index (χ3v) is 4.03. The lowest BCUT2D eigenvalue weighted by atomic mass is 10.2. The lowest BCUT2D eigenvalue weighted by Gasteiger charge is -2.22. The molecule has 0 aliphatic carbocycles. The molecule has 0 bridgehead atoms. The van der Waals surface area contributed by atoms with E-state index in [2.05, 4.69) is 10.1 Å². The minimum absolute atomic E-state index is 0.0328.